The van der Waals surface area contributed by atoms with Gasteiger partial charge in [-0.15, -0.1) is 0 Å². The number of halogens is 1. The molecule has 2 aromatic carbocycles. The van der Waals surface area contributed by atoms with Crippen LogP contribution in [0.4, 0.5) is 10.1 Å². The van der Waals surface area contributed by atoms with Gasteiger partial charge in [-0.2, -0.15) is 0 Å². The van der Waals surface area contributed by atoms with Gasteiger partial charge in [-0.05, 0) is 48.2 Å². The van der Waals surface area contributed by atoms with Gasteiger partial charge in [0.25, 0.3) is 0 Å². The van der Waals surface area contributed by atoms with Crippen molar-refractivity contribution in [2.75, 3.05) is 18.4 Å². The second-order valence-electron chi connectivity index (χ2n) is 5.13. The van der Waals surface area contributed by atoms with Gasteiger partial charge in [-0.25, -0.2) is 4.39 Å². The van der Waals surface area contributed by atoms with E-state index in [4.69, 9.17) is 0 Å². The van der Waals surface area contributed by atoms with Crippen LogP contribution in [0, 0.1) is 5.82 Å². The van der Waals surface area contributed by atoms with Gasteiger partial charge in [0.2, 0.25) is 5.91 Å². The summed E-state index contributed by atoms with van der Waals surface area (Å²) in [6.45, 7) is 2.90. The maximum absolute atomic E-state index is 12.8. The van der Waals surface area contributed by atoms with Gasteiger partial charge in [0.05, 0.1) is 6.54 Å². The van der Waals surface area contributed by atoms with Gasteiger partial charge < -0.3 is 10.6 Å². The van der Waals surface area contributed by atoms with Crippen molar-refractivity contribution >= 4 is 11.6 Å². The van der Waals surface area contributed by atoms with Gasteiger partial charge >= 0.3 is 0 Å². The largest absolute Gasteiger partial charge is 0.376 e. The van der Waals surface area contributed by atoms with E-state index in [1.54, 1.807) is 12.1 Å². The first-order chi connectivity index (χ1) is 10.7. The molecule has 0 saturated heterocycles. The van der Waals surface area contributed by atoms with Crippen molar-refractivity contribution in [1.29, 1.82) is 0 Å². The molecule has 22 heavy (non-hydrogen) atoms. The molecule has 0 aromatic heterocycles. The number of hydrogen-bond acceptors (Lipinski definition) is 2. The van der Waals surface area contributed by atoms with Crippen molar-refractivity contribution in [3.05, 3.63) is 65.5 Å². The lowest BCUT2D eigenvalue weighted by Crippen LogP contribution is -2.31. The summed E-state index contributed by atoms with van der Waals surface area (Å²) in [5, 5.41) is 5.93. The lowest BCUT2D eigenvalue weighted by Gasteiger charge is -2.08. The van der Waals surface area contributed by atoms with Gasteiger partial charge in [0.1, 0.15) is 5.82 Å². The van der Waals surface area contributed by atoms with Crippen LogP contribution in [0.15, 0.2) is 48.5 Å². The van der Waals surface area contributed by atoms with Crippen molar-refractivity contribution < 1.29 is 9.18 Å². The predicted octanol–water partition coefficient (Wildman–Crippen LogP) is 3.16. The van der Waals surface area contributed by atoms with Crippen molar-refractivity contribution in [3.63, 3.8) is 0 Å². The molecular weight excluding hydrogens is 279 g/mol. The maximum Gasteiger partial charge on any atom is 0.239 e. The quantitative estimate of drug-likeness (QED) is 0.824. The van der Waals surface area contributed by atoms with Crippen molar-refractivity contribution in [1.82, 2.24) is 5.32 Å². The molecule has 0 aliphatic rings. The number of carbonyl (C=O) groups is 1. The third-order valence-electron chi connectivity index (χ3n) is 3.46. The molecule has 0 radical (unpaired) electrons. The van der Waals surface area contributed by atoms with Crippen LogP contribution >= 0.6 is 0 Å². The van der Waals surface area contributed by atoms with Crippen LogP contribution in [0.2, 0.25) is 0 Å². The molecule has 0 saturated carbocycles. The molecule has 2 rings (SSSR count). The minimum absolute atomic E-state index is 0.0540. The van der Waals surface area contributed by atoms with E-state index in [0.29, 0.717) is 13.0 Å². The summed E-state index contributed by atoms with van der Waals surface area (Å²) >= 11 is 0. The molecule has 0 unspecified atom stereocenters. The molecule has 116 valence electrons. The summed E-state index contributed by atoms with van der Waals surface area (Å²) in [6, 6.07) is 14.4. The van der Waals surface area contributed by atoms with E-state index in [-0.39, 0.29) is 18.3 Å². The van der Waals surface area contributed by atoms with Crippen molar-refractivity contribution in [3.8, 4) is 0 Å². The maximum atomic E-state index is 12.8. The van der Waals surface area contributed by atoms with E-state index in [1.165, 1.54) is 17.7 Å². The second kappa shape index (κ2) is 8.17. The second-order valence-corrected chi connectivity index (χ2v) is 5.13. The van der Waals surface area contributed by atoms with E-state index in [2.05, 4.69) is 29.7 Å². The van der Waals surface area contributed by atoms with Gasteiger partial charge in [0.15, 0.2) is 0 Å². The van der Waals surface area contributed by atoms with E-state index in [1.807, 2.05) is 12.1 Å². The van der Waals surface area contributed by atoms with Crippen LogP contribution in [0.3, 0.4) is 0 Å². The summed E-state index contributed by atoms with van der Waals surface area (Å²) in [7, 11) is 0. The van der Waals surface area contributed by atoms with E-state index >= 15 is 0 Å². The Kier molecular flexibility index (Phi) is 5.95. The summed E-state index contributed by atoms with van der Waals surface area (Å²) < 4.78 is 12.8. The van der Waals surface area contributed by atoms with E-state index in [9.17, 15) is 9.18 Å². The number of hydrogen-bond donors (Lipinski definition) is 2. The van der Waals surface area contributed by atoms with Gasteiger partial charge in [-0.3, -0.25) is 4.79 Å². The molecule has 2 aromatic rings. The zero-order valence-electron chi connectivity index (χ0n) is 12.7. The number of rotatable bonds is 7. The number of anilines is 1. The topological polar surface area (TPSA) is 41.1 Å². The molecule has 0 heterocycles. The molecule has 0 fully saturated rings. The first kappa shape index (κ1) is 16.0. The summed E-state index contributed by atoms with van der Waals surface area (Å²) in [6.07, 6.45) is 1.70. The fourth-order valence-electron chi connectivity index (χ4n) is 2.10. The molecule has 0 spiro atoms. The minimum atomic E-state index is -0.244. The highest BCUT2D eigenvalue weighted by molar-refractivity contribution is 5.80. The number of carbonyl (C=O) groups excluding carboxylic acids is 1. The van der Waals surface area contributed by atoms with Crippen LogP contribution in [-0.4, -0.2) is 19.0 Å². The Morgan fingerprint density at radius 3 is 2.27 bits per heavy atom. The lowest BCUT2D eigenvalue weighted by molar-refractivity contribution is -0.119. The fraction of sp³-hybridized carbons (Fsp3) is 0.278. The highest BCUT2D eigenvalue weighted by Gasteiger charge is 2.01. The zero-order chi connectivity index (χ0) is 15.8. The fourth-order valence-corrected chi connectivity index (χ4v) is 2.10. The van der Waals surface area contributed by atoms with Gasteiger partial charge in [-0.1, -0.05) is 31.2 Å². The summed E-state index contributed by atoms with van der Waals surface area (Å²) in [5.41, 5.74) is 3.21. The Hall–Kier alpha value is -2.36. The monoisotopic (exact) mass is 300 g/mol. The molecule has 1 amide bonds. The summed E-state index contributed by atoms with van der Waals surface area (Å²) in [5.74, 6) is -0.298. The molecule has 2 N–H and O–H groups in total. The third-order valence-corrected chi connectivity index (χ3v) is 3.46. The first-order valence-corrected chi connectivity index (χ1v) is 7.51. The number of amides is 1. The molecule has 0 atom stereocenters. The molecular formula is C18H21FN2O. The average molecular weight is 300 g/mol. The van der Waals surface area contributed by atoms with Crippen LogP contribution in [0.5, 0.6) is 0 Å². The molecule has 4 heteroatoms. The molecule has 0 aliphatic carbocycles. The molecule has 0 bridgehead atoms. The smallest absolute Gasteiger partial charge is 0.239 e. The van der Waals surface area contributed by atoms with Crippen LogP contribution < -0.4 is 10.6 Å². The van der Waals surface area contributed by atoms with Gasteiger partial charge in [0, 0.05) is 12.2 Å². The molecule has 0 aliphatic heterocycles. The number of aryl methyl sites for hydroxylation is 1. The Labute approximate surface area is 130 Å². The highest BCUT2D eigenvalue weighted by atomic mass is 19.1. The number of nitrogens with one attached hydrogen (secondary N) is 2. The van der Waals surface area contributed by atoms with Crippen molar-refractivity contribution in [2.24, 2.45) is 0 Å². The number of benzene rings is 2. The normalized spacial score (nSPS) is 10.3. The van der Waals surface area contributed by atoms with E-state index in [0.717, 1.165) is 17.7 Å². The van der Waals surface area contributed by atoms with Crippen LogP contribution in [0.1, 0.15) is 18.1 Å². The predicted molar refractivity (Wildman–Crippen MR) is 87.4 cm³/mol. The minimum Gasteiger partial charge on any atom is -0.376 e. The van der Waals surface area contributed by atoms with E-state index < -0.39 is 0 Å². The average Bonchev–Trinajstić information content (AvgIpc) is 2.55. The first-order valence-electron chi connectivity index (χ1n) is 7.51. The highest BCUT2D eigenvalue weighted by Crippen LogP contribution is 2.09. The Bertz CT molecular complexity index is 593. The standard InChI is InChI=1S/C18H21FN2O/c1-2-14-5-9-17(10-6-14)21-13-18(22)20-12-11-15-3-7-16(19)8-4-15/h3-10,21H,2,11-13H2,1H3,(H,20,22). The zero-order valence-corrected chi connectivity index (χ0v) is 12.7. The molecule has 3 nitrogen and oxygen atoms in total. The van der Waals surface area contributed by atoms with Crippen LogP contribution in [0.25, 0.3) is 0 Å². The SMILES string of the molecule is CCc1ccc(NCC(=O)NCCc2ccc(F)cc2)cc1. The Balaban J connectivity index is 1.68. The Morgan fingerprint density at radius 2 is 1.64 bits per heavy atom. The Morgan fingerprint density at radius 1 is 1.00 bits per heavy atom. The van der Waals surface area contributed by atoms with Crippen LogP contribution in [-0.2, 0) is 17.6 Å². The summed E-state index contributed by atoms with van der Waals surface area (Å²) in [4.78, 5) is 11.8. The lowest BCUT2D eigenvalue weighted by atomic mass is 10.1. The third kappa shape index (κ3) is 5.20. The van der Waals surface area contributed by atoms with Crippen molar-refractivity contribution in [2.45, 2.75) is 19.8 Å².